The summed E-state index contributed by atoms with van der Waals surface area (Å²) in [6.07, 6.45) is 2.96. The predicted octanol–water partition coefficient (Wildman–Crippen LogP) is 2.53. The maximum atomic E-state index is 12.7. The third kappa shape index (κ3) is 5.85. The molecule has 1 aromatic carbocycles. The summed E-state index contributed by atoms with van der Waals surface area (Å²) in [6, 6.07) is 8.08. The molecule has 0 aromatic heterocycles. The highest BCUT2D eigenvalue weighted by molar-refractivity contribution is 5.81. The van der Waals surface area contributed by atoms with Gasteiger partial charge in [0.25, 0.3) is 5.91 Å². The minimum atomic E-state index is -0.496. The van der Waals surface area contributed by atoms with E-state index >= 15 is 0 Å². The van der Waals surface area contributed by atoms with Crippen molar-refractivity contribution in [3.63, 3.8) is 0 Å². The molecule has 25 heavy (non-hydrogen) atoms. The molecule has 1 aromatic rings. The van der Waals surface area contributed by atoms with Crippen LogP contribution in [0.25, 0.3) is 0 Å². The van der Waals surface area contributed by atoms with Crippen molar-refractivity contribution in [3.05, 3.63) is 29.8 Å². The van der Waals surface area contributed by atoms with Crippen LogP contribution in [0.3, 0.4) is 0 Å². The van der Waals surface area contributed by atoms with Crippen LogP contribution in [-0.4, -0.2) is 60.8 Å². The molecular formula is C20H30N2O3. The first-order valence-electron chi connectivity index (χ1n) is 9.07. The number of ether oxygens (including phenoxy) is 1. The Morgan fingerprint density at radius 1 is 1.28 bits per heavy atom. The summed E-state index contributed by atoms with van der Waals surface area (Å²) in [7, 11) is 4.12. The van der Waals surface area contributed by atoms with E-state index in [1.54, 1.807) is 6.92 Å². The Balaban J connectivity index is 1.89. The molecule has 138 valence electrons. The number of likely N-dealkylation sites (tertiary alicyclic amines) is 1. The van der Waals surface area contributed by atoms with Gasteiger partial charge in [0, 0.05) is 25.6 Å². The van der Waals surface area contributed by atoms with E-state index in [1.807, 2.05) is 36.1 Å². The van der Waals surface area contributed by atoms with Crippen LogP contribution < -0.4 is 4.74 Å². The van der Waals surface area contributed by atoms with Gasteiger partial charge in [-0.3, -0.25) is 4.79 Å². The fourth-order valence-electron chi connectivity index (χ4n) is 3.14. The van der Waals surface area contributed by atoms with Crippen molar-refractivity contribution in [1.82, 2.24) is 9.80 Å². The van der Waals surface area contributed by atoms with E-state index in [4.69, 9.17) is 4.74 Å². The van der Waals surface area contributed by atoms with E-state index < -0.39 is 6.10 Å². The largest absolute Gasteiger partial charge is 0.481 e. The molecular weight excluding hydrogens is 316 g/mol. The number of hydrogen-bond acceptors (Lipinski definition) is 4. The fraction of sp³-hybridized carbons (Fsp3) is 0.600. The fourth-order valence-corrected chi connectivity index (χ4v) is 3.14. The highest BCUT2D eigenvalue weighted by atomic mass is 16.5. The van der Waals surface area contributed by atoms with Gasteiger partial charge in [0.05, 0.1) is 0 Å². The number of piperidine rings is 1. The van der Waals surface area contributed by atoms with Gasteiger partial charge < -0.3 is 19.3 Å². The van der Waals surface area contributed by atoms with E-state index in [2.05, 4.69) is 19.0 Å². The van der Waals surface area contributed by atoms with Gasteiger partial charge in [0.15, 0.2) is 6.10 Å². The summed E-state index contributed by atoms with van der Waals surface area (Å²) in [5.41, 5.74) is 1.10. The van der Waals surface area contributed by atoms with Gasteiger partial charge in [0.1, 0.15) is 11.5 Å². The van der Waals surface area contributed by atoms with E-state index in [0.717, 1.165) is 37.9 Å². The van der Waals surface area contributed by atoms with Gasteiger partial charge in [-0.15, -0.1) is 0 Å². The van der Waals surface area contributed by atoms with Gasteiger partial charge in [-0.25, -0.2) is 0 Å². The first-order chi connectivity index (χ1) is 11.9. The Hall–Kier alpha value is -1.88. The monoisotopic (exact) mass is 346 g/mol. The highest BCUT2D eigenvalue weighted by Gasteiger charge is 2.28. The Morgan fingerprint density at radius 2 is 1.96 bits per heavy atom. The second-order valence-corrected chi connectivity index (χ2v) is 7.15. The van der Waals surface area contributed by atoms with Crippen LogP contribution in [0.4, 0.5) is 0 Å². The van der Waals surface area contributed by atoms with Crippen LogP contribution in [0.15, 0.2) is 24.3 Å². The molecule has 1 amide bonds. The van der Waals surface area contributed by atoms with Gasteiger partial charge in [-0.2, -0.15) is 0 Å². The summed E-state index contributed by atoms with van der Waals surface area (Å²) in [5.74, 6) is 0.929. The first-order valence-corrected chi connectivity index (χ1v) is 9.07. The van der Waals surface area contributed by atoms with Gasteiger partial charge in [-0.1, -0.05) is 12.1 Å². The predicted molar refractivity (Wildman–Crippen MR) is 98.8 cm³/mol. The third-order valence-electron chi connectivity index (χ3n) is 4.79. The van der Waals surface area contributed by atoms with Gasteiger partial charge >= 0.3 is 0 Å². The topological polar surface area (TPSA) is 49.9 Å². The molecule has 0 saturated carbocycles. The molecule has 0 radical (unpaired) electrons. The van der Waals surface area contributed by atoms with Crippen molar-refractivity contribution < 1.29 is 14.3 Å². The number of hydrogen-bond donors (Lipinski definition) is 0. The zero-order chi connectivity index (χ0) is 18.4. The number of aryl methyl sites for hydroxylation is 1. The molecule has 1 heterocycles. The number of nitrogens with zero attached hydrogens (tertiary/aromatic N) is 2. The molecule has 2 atom stereocenters. The van der Waals surface area contributed by atoms with Crippen molar-refractivity contribution in [2.45, 2.75) is 51.7 Å². The molecule has 0 spiro atoms. The smallest absolute Gasteiger partial charge is 0.263 e. The Bertz CT molecular complexity index is 583. The number of carbonyl (C=O) groups is 2. The van der Waals surface area contributed by atoms with Crippen molar-refractivity contribution in [2.24, 2.45) is 0 Å². The van der Waals surface area contributed by atoms with Crippen molar-refractivity contribution in [3.8, 4) is 5.75 Å². The SMILES string of the molecule is CC(=O)CCc1ccc(O[C@@H](C)C(=O)N2CCC[C@H](N(C)C)C2)cc1. The number of ketones is 1. The minimum Gasteiger partial charge on any atom is -0.481 e. The number of rotatable bonds is 7. The number of carbonyl (C=O) groups excluding carboxylic acids is 2. The van der Waals surface area contributed by atoms with E-state index in [1.165, 1.54) is 0 Å². The van der Waals surface area contributed by atoms with Crippen molar-refractivity contribution in [2.75, 3.05) is 27.2 Å². The van der Waals surface area contributed by atoms with E-state index in [9.17, 15) is 9.59 Å². The lowest BCUT2D eigenvalue weighted by atomic mass is 10.0. The lowest BCUT2D eigenvalue weighted by molar-refractivity contribution is -0.139. The zero-order valence-electron chi connectivity index (χ0n) is 15.8. The zero-order valence-corrected chi connectivity index (χ0v) is 15.8. The normalized spacial score (nSPS) is 18.9. The molecule has 1 aliphatic rings. The molecule has 0 bridgehead atoms. The second-order valence-electron chi connectivity index (χ2n) is 7.15. The van der Waals surface area contributed by atoms with E-state index in [0.29, 0.717) is 18.2 Å². The van der Waals surface area contributed by atoms with Crippen molar-refractivity contribution >= 4 is 11.7 Å². The summed E-state index contributed by atoms with van der Waals surface area (Å²) in [6.45, 7) is 4.99. The van der Waals surface area contributed by atoms with Crippen molar-refractivity contribution in [1.29, 1.82) is 0 Å². The molecule has 0 aliphatic carbocycles. The van der Waals surface area contributed by atoms with Crippen LogP contribution in [0, 0.1) is 0 Å². The summed E-state index contributed by atoms with van der Waals surface area (Å²) < 4.78 is 5.83. The van der Waals surface area contributed by atoms with Gasteiger partial charge in [-0.05, 0) is 64.9 Å². The number of benzene rings is 1. The number of amides is 1. The summed E-state index contributed by atoms with van der Waals surface area (Å²) >= 11 is 0. The average Bonchev–Trinajstić information content (AvgIpc) is 2.60. The lowest BCUT2D eigenvalue weighted by Gasteiger charge is -2.37. The molecule has 0 unspecified atom stereocenters. The Morgan fingerprint density at radius 3 is 2.56 bits per heavy atom. The highest BCUT2D eigenvalue weighted by Crippen LogP contribution is 2.18. The lowest BCUT2D eigenvalue weighted by Crippen LogP contribution is -2.50. The van der Waals surface area contributed by atoms with Crippen LogP contribution in [0.2, 0.25) is 0 Å². The minimum absolute atomic E-state index is 0.0483. The maximum absolute atomic E-state index is 12.7. The van der Waals surface area contributed by atoms with Gasteiger partial charge in [0.2, 0.25) is 0 Å². The standard InChI is InChI=1S/C20H30N2O3/c1-15(23)7-8-17-9-11-19(12-10-17)25-16(2)20(24)22-13-5-6-18(14-22)21(3)4/h9-12,16,18H,5-8,13-14H2,1-4H3/t16-,18-/m0/s1. The molecule has 2 rings (SSSR count). The summed E-state index contributed by atoms with van der Waals surface area (Å²) in [5, 5.41) is 0. The average molecular weight is 346 g/mol. The first kappa shape index (κ1) is 19.4. The van der Waals surface area contributed by atoms with Crippen LogP contribution in [0.1, 0.15) is 38.7 Å². The molecule has 1 fully saturated rings. The van der Waals surface area contributed by atoms with Crippen LogP contribution >= 0.6 is 0 Å². The molecule has 5 heteroatoms. The second kappa shape index (κ2) is 8.99. The molecule has 5 nitrogen and oxygen atoms in total. The molecule has 0 N–H and O–H groups in total. The van der Waals surface area contributed by atoms with Crippen LogP contribution in [0.5, 0.6) is 5.75 Å². The quantitative estimate of drug-likeness (QED) is 0.761. The number of Topliss-reactive ketones (excluding diaryl/α,β-unsaturated/α-hetero) is 1. The molecule has 1 saturated heterocycles. The number of likely N-dealkylation sites (N-methyl/N-ethyl adjacent to an activating group) is 1. The third-order valence-corrected chi connectivity index (χ3v) is 4.79. The molecule has 1 aliphatic heterocycles. The maximum Gasteiger partial charge on any atom is 0.263 e. The Labute approximate surface area is 150 Å². The van der Waals surface area contributed by atoms with E-state index in [-0.39, 0.29) is 11.7 Å². The summed E-state index contributed by atoms with van der Waals surface area (Å²) in [4.78, 5) is 27.8. The Kier molecular flexibility index (Phi) is 7.00. The van der Waals surface area contributed by atoms with Crippen LogP contribution in [-0.2, 0) is 16.0 Å².